The number of nitrogens with one attached hydrogen (secondary N) is 1. The van der Waals surface area contributed by atoms with E-state index in [9.17, 15) is 14.4 Å². The number of ether oxygens (including phenoxy) is 1. The minimum atomic E-state index is -0.570. The molecular weight excluding hydrogens is 384 g/mol. The summed E-state index contributed by atoms with van der Waals surface area (Å²) in [5.74, 6) is -1.04. The molecule has 0 spiro atoms. The number of nitrogens with zero attached hydrogens (tertiary/aromatic N) is 3. The van der Waals surface area contributed by atoms with E-state index >= 15 is 0 Å². The van der Waals surface area contributed by atoms with Gasteiger partial charge >= 0.3 is 5.97 Å². The fraction of sp³-hybridized carbons (Fsp3) is 0.364. The number of hydrogen-bond acceptors (Lipinski definition) is 6. The van der Waals surface area contributed by atoms with Crippen molar-refractivity contribution in [2.24, 2.45) is 5.10 Å². The Kier molecular flexibility index (Phi) is 5.65. The molecule has 156 valence electrons. The Labute approximate surface area is 174 Å². The summed E-state index contributed by atoms with van der Waals surface area (Å²) < 4.78 is 5.16. The molecule has 30 heavy (non-hydrogen) atoms. The molecule has 1 aromatic heterocycles. The first kappa shape index (κ1) is 19.9. The van der Waals surface area contributed by atoms with Crippen LogP contribution in [0.4, 0.5) is 5.69 Å². The van der Waals surface area contributed by atoms with Crippen LogP contribution >= 0.6 is 0 Å². The first-order chi connectivity index (χ1) is 14.5. The van der Waals surface area contributed by atoms with Gasteiger partial charge in [-0.2, -0.15) is 5.10 Å². The molecule has 8 heteroatoms. The zero-order valence-corrected chi connectivity index (χ0v) is 16.9. The van der Waals surface area contributed by atoms with Crippen molar-refractivity contribution < 1.29 is 19.1 Å². The monoisotopic (exact) mass is 408 g/mol. The summed E-state index contributed by atoms with van der Waals surface area (Å²) in [5, 5.41) is 6.31. The smallest absolute Gasteiger partial charge is 0.338 e. The van der Waals surface area contributed by atoms with Crippen LogP contribution in [-0.4, -0.2) is 59.5 Å². The lowest BCUT2D eigenvalue weighted by Gasteiger charge is -2.13. The topological polar surface area (TPSA) is 95.1 Å². The lowest BCUT2D eigenvalue weighted by atomic mass is 10.2. The van der Waals surface area contributed by atoms with Crippen LogP contribution in [0.5, 0.6) is 0 Å². The Morgan fingerprint density at radius 3 is 2.47 bits per heavy atom. The van der Waals surface area contributed by atoms with Gasteiger partial charge < -0.3 is 14.6 Å². The maximum Gasteiger partial charge on any atom is 0.338 e. The molecule has 0 atom stereocenters. The lowest BCUT2D eigenvalue weighted by Crippen LogP contribution is -2.27. The summed E-state index contributed by atoms with van der Waals surface area (Å²) in [4.78, 5) is 41.6. The summed E-state index contributed by atoms with van der Waals surface area (Å²) in [6.07, 6.45) is 4.41. The number of anilines is 1. The maximum atomic E-state index is 12.4. The highest BCUT2D eigenvalue weighted by Gasteiger charge is 2.22. The molecule has 0 aliphatic carbocycles. The minimum absolute atomic E-state index is 0.110. The van der Waals surface area contributed by atoms with Crippen molar-refractivity contribution in [2.45, 2.75) is 26.2 Å². The lowest BCUT2D eigenvalue weighted by molar-refractivity contribution is 0.0474. The van der Waals surface area contributed by atoms with E-state index in [2.05, 4.69) is 10.1 Å². The van der Waals surface area contributed by atoms with Crippen molar-refractivity contribution in [3.05, 3.63) is 53.3 Å². The van der Waals surface area contributed by atoms with Crippen LogP contribution in [0.1, 0.15) is 57.4 Å². The maximum absolute atomic E-state index is 12.4. The SMILES string of the molecule is CC1=NN(c2ccc(C(=O)OCC(=O)c3c[nH]c(C(=O)N4CCCC4)c3)cc2)CC1. The number of amides is 1. The van der Waals surface area contributed by atoms with Gasteiger partial charge in [-0.3, -0.25) is 14.6 Å². The highest BCUT2D eigenvalue weighted by Crippen LogP contribution is 2.20. The third-order valence-electron chi connectivity index (χ3n) is 5.34. The number of H-pyrrole nitrogens is 1. The number of esters is 1. The summed E-state index contributed by atoms with van der Waals surface area (Å²) in [6.45, 7) is 3.90. The molecular formula is C22H24N4O4. The molecule has 0 radical (unpaired) electrons. The summed E-state index contributed by atoms with van der Waals surface area (Å²) in [5.41, 5.74) is 3.05. The molecule has 2 aliphatic heterocycles. The largest absolute Gasteiger partial charge is 0.454 e. The quantitative estimate of drug-likeness (QED) is 0.586. The molecule has 4 rings (SSSR count). The van der Waals surface area contributed by atoms with Crippen molar-refractivity contribution in [2.75, 3.05) is 31.3 Å². The Bertz CT molecular complexity index is 987. The van der Waals surface area contributed by atoms with Crippen molar-refractivity contribution in [3.63, 3.8) is 0 Å². The van der Waals surface area contributed by atoms with Gasteiger partial charge in [0, 0.05) is 43.5 Å². The zero-order valence-electron chi connectivity index (χ0n) is 16.9. The molecule has 2 aromatic rings. The number of benzene rings is 1. The molecule has 1 fully saturated rings. The Hall–Kier alpha value is -3.42. The van der Waals surface area contributed by atoms with Crippen LogP contribution in [0.3, 0.4) is 0 Å². The van der Waals surface area contributed by atoms with Crippen molar-refractivity contribution >= 4 is 29.1 Å². The molecule has 1 aromatic carbocycles. The van der Waals surface area contributed by atoms with Crippen LogP contribution in [0.15, 0.2) is 41.6 Å². The van der Waals surface area contributed by atoms with Crippen LogP contribution in [-0.2, 0) is 4.74 Å². The van der Waals surface area contributed by atoms with Gasteiger partial charge in [0.05, 0.1) is 11.3 Å². The Morgan fingerprint density at radius 2 is 1.80 bits per heavy atom. The Morgan fingerprint density at radius 1 is 1.07 bits per heavy atom. The summed E-state index contributed by atoms with van der Waals surface area (Å²) in [7, 11) is 0. The predicted octanol–water partition coefficient (Wildman–Crippen LogP) is 2.88. The van der Waals surface area contributed by atoms with Gasteiger partial charge in [0.15, 0.2) is 6.61 Å². The number of carbonyl (C=O) groups is 3. The van der Waals surface area contributed by atoms with E-state index in [0.717, 1.165) is 50.3 Å². The molecule has 0 unspecified atom stereocenters. The summed E-state index contributed by atoms with van der Waals surface area (Å²) in [6, 6.07) is 8.46. The van der Waals surface area contributed by atoms with Crippen molar-refractivity contribution in [1.82, 2.24) is 9.88 Å². The number of carbonyl (C=O) groups excluding carboxylic acids is 3. The standard InChI is InChI=1S/C22H24N4O4/c1-15-8-11-26(24-15)18-6-4-16(5-7-18)22(29)30-14-20(27)17-12-19(23-13-17)21(28)25-9-2-3-10-25/h4-7,12-13,23H,2-3,8-11,14H2,1H3. The van der Waals surface area contributed by atoms with Gasteiger partial charge in [0.25, 0.3) is 5.91 Å². The molecule has 2 aliphatic rings. The zero-order chi connectivity index (χ0) is 21.1. The first-order valence-corrected chi connectivity index (χ1v) is 10.1. The highest BCUT2D eigenvalue weighted by molar-refractivity contribution is 6.02. The number of aromatic amines is 1. The fourth-order valence-corrected chi connectivity index (χ4v) is 3.60. The highest BCUT2D eigenvalue weighted by atomic mass is 16.5. The summed E-state index contributed by atoms with van der Waals surface area (Å²) >= 11 is 0. The van der Waals surface area contributed by atoms with Crippen molar-refractivity contribution in [1.29, 1.82) is 0 Å². The number of likely N-dealkylation sites (tertiary alicyclic amines) is 1. The number of hydrazone groups is 1. The van der Waals surface area contributed by atoms with E-state index in [1.165, 1.54) is 12.3 Å². The normalized spacial score (nSPS) is 16.0. The molecule has 8 nitrogen and oxygen atoms in total. The number of hydrogen-bond donors (Lipinski definition) is 1. The number of aromatic nitrogens is 1. The predicted molar refractivity (Wildman–Crippen MR) is 112 cm³/mol. The second-order valence-electron chi connectivity index (χ2n) is 7.56. The minimum Gasteiger partial charge on any atom is -0.454 e. The van der Waals surface area contributed by atoms with Gasteiger partial charge in [-0.1, -0.05) is 0 Å². The first-order valence-electron chi connectivity index (χ1n) is 10.1. The van der Waals surface area contributed by atoms with Gasteiger partial charge in [0.1, 0.15) is 5.69 Å². The van der Waals surface area contributed by atoms with E-state index in [1.54, 1.807) is 17.0 Å². The third-order valence-corrected chi connectivity index (χ3v) is 5.34. The van der Waals surface area contributed by atoms with E-state index in [-0.39, 0.29) is 18.3 Å². The van der Waals surface area contributed by atoms with E-state index in [4.69, 9.17) is 4.74 Å². The van der Waals surface area contributed by atoms with Crippen molar-refractivity contribution in [3.8, 4) is 0 Å². The van der Waals surface area contributed by atoms with E-state index in [0.29, 0.717) is 16.8 Å². The molecule has 0 bridgehead atoms. The average Bonchev–Trinajstić information content (AvgIpc) is 3.53. The third kappa shape index (κ3) is 4.27. The second-order valence-corrected chi connectivity index (χ2v) is 7.56. The van der Waals surface area contributed by atoms with E-state index < -0.39 is 5.97 Å². The van der Waals surface area contributed by atoms with Crippen LogP contribution in [0.2, 0.25) is 0 Å². The van der Waals surface area contributed by atoms with Crippen LogP contribution in [0.25, 0.3) is 0 Å². The molecule has 1 saturated heterocycles. The second kappa shape index (κ2) is 8.52. The number of Topliss-reactive ketones (excluding diaryl/α,β-unsaturated/α-hetero) is 1. The molecule has 0 saturated carbocycles. The van der Waals surface area contributed by atoms with E-state index in [1.807, 2.05) is 24.1 Å². The van der Waals surface area contributed by atoms with Gasteiger partial charge in [-0.15, -0.1) is 0 Å². The van der Waals surface area contributed by atoms with Crippen LogP contribution in [0, 0.1) is 0 Å². The number of rotatable bonds is 6. The molecule has 3 heterocycles. The molecule has 1 amide bonds. The fourth-order valence-electron chi connectivity index (χ4n) is 3.60. The molecule has 1 N–H and O–H groups in total. The van der Waals surface area contributed by atoms with Crippen LogP contribution < -0.4 is 5.01 Å². The van der Waals surface area contributed by atoms with Gasteiger partial charge in [-0.25, -0.2) is 4.79 Å². The van der Waals surface area contributed by atoms with Gasteiger partial charge in [-0.05, 0) is 50.1 Å². The Balaban J connectivity index is 1.31. The number of ketones is 1. The van der Waals surface area contributed by atoms with Gasteiger partial charge in [0.2, 0.25) is 5.78 Å². The average molecular weight is 408 g/mol.